The van der Waals surface area contributed by atoms with Gasteiger partial charge in [-0.15, -0.1) is 22.7 Å². The highest BCUT2D eigenvalue weighted by molar-refractivity contribution is 7.26. The molecule has 298 valence electrons. The largest absolute Gasteiger partial charge is 0.254 e. The second-order valence-corrected chi connectivity index (χ2v) is 18.4. The number of hydrogen-bond donors (Lipinski definition) is 0. The van der Waals surface area contributed by atoms with Crippen molar-refractivity contribution in [1.82, 2.24) is 19.9 Å². The fraction of sp³-hybridized carbons (Fsp3) is 0. The van der Waals surface area contributed by atoms with E-state index in [9.17, 15) is 0 Å². The van der Waals surface area contributed by atoms with Crippen LogP contribution in [0, 0.1) is 0 Å². The molecule has 4 nitrogen and oxygen atoms in total. The molecule has 0 saturated carbocycles. The molecule has 5 aromatic heterocycles. The van der Waals surface area contributed by atoms with Crippen molar-refractivity contribution in [2.45, 2.75) is 0 Å². The van der Waals surface area contributed by atoms with E-state index < -0.39 is 0 Å². The number of aromatic nitrogens is 4. The van der Waals surface area contributed by atoms with Gasteiger partial charge in [-0.25, -0.2) is 15.0 Å². The number of thiophene rings is 2. The van der Waals surface area contributed by atoms with Crippen molar-refractivity contribution in [3.63, 3.8) is 0 Å². The van der Waals surface area contributed by atoms with Crippen molar-refractivity contribution >= 4 is 84.8 Å². The second-order valence-electron chi connectivity index (χ2n) is 16.2. The Kier molecular flexibility index (Phi) is 8.54. The molecule has 8 aromatic carbocycles. The predicted octanol–water partition coefficient (Wildman–Crippen LogP) is 16.3. The molecule has 0 aliphatic rings. The average Bonchev–Trinajstić information content (AvgIpc) is 3.94. The van der Waals surface area contributed by atoms with Gasteiger partial charge >= 0.3 is 0 Å². The van der Waals surface area contributed by atoms with Crippen LogP contribution >= 0.6 is 22.7 Å². The normalized spacial score (nSPS) is 11.8. The van der Waals surface area contributed by atoms with Gasteiger partial charge in [-0.1, -0.05) is 127 Å². The maximum atomic E-state index is 5.38. The van der Waals surface area contributed by atoms with Crippen LogP contribution in [0.2, 0.25) is 0 Å². The van der Waals surface area contributed by atoms with Gasteiger partial charge in [0.25, 0.3) is 0 Å². The molecule has 0 amide bonds. The summed E-state index contributed by atoms with van der Waals surface area (Å²) in [5.41, 5.74) is 13.0. The van der Waals surface area contributed by atoms with E-state index in [4.69, 9.17) is 15.0 Å². The maximum absolute atomic E-state index is 5.38. The summed E-state index contributed by atoms with van der Waals surface area (Å²) in [6.07, 6.45) is 1.83. The van der Waals surface area contributed by atoms with E-state index in [2.05, 4.69) is 193 Å². The lowest BCUT2D eigenvalue weighted by Gasteiger charge is -2.14. The van der Waals surface area contributed by atoms with Gasteiger partial charge in [0.05, 0.1) is 28.1 Å². The van der Waals surface area contributed by atoms with Crippen LogP contribution in [0.1, 0.15) is 0 Å². The van der Waals surface area contributed by atoms with E-state index in [0.717, 1.165) is 83.4 Å². The van der Waals surface area contributed by atoms with E-state index in [1.165, 1.54) is 40.3 Å². The van der Waals surface area contributed by atoms with Gasteiger partial charge in [0.15, 0.2) is 5.82 Å². The summed E-state index contributed by atoms with van der Waals surface area (Å²) in [5.74, 6) is 0.670. The summed E-state index contributed by atoms with van der Waals surface area (Å²) in [6, 6.07) is 71.6. The minimum absolute atomic E-state index is 0.670. The summed E-state index contributed by atoms with van der Waals surface area (Å²) < 4.78 is 5.16. The lowest BCUT2D eigenvalue weighted by molar-refractivity contribution is 1.18. The SMILES string of the molecule is c1ccc(-c2cc(-c3ccc(-c4ccc5ccc6cccnc6c5n4)cc3)nc(-c3cc(-c4ccc5sc6ccccc6c5c4)cc(-c4ccc5sc6ccccc6c5c4)c3)n2)cc1. The van der Waals surface area contributed by atoms with Gasteiger partial charge in [-0.3, -0.25) is 4.98 Å². The summed E-state index contributed by atoms with van der Waals surface area (Å²) in [5, 5.41) is 7.26. The molecule has 0 unspecified atom stereocenters. The molecule has 64 heavy (non-hydrogen) atoms. The van der Waals surface area contributed by atoms with Gasteiger partial charge in [-0.05, 0) is 95.1 Å². The molecule has 13 rings (SSSR count). The molecule has 0 aliphatic heterocycles. The zero-order valence-corrected chi connectivity index (χ0v) is 35.9. The predicted molar refractivity (Wildman–Crippen MR) is 271 cm³/mol. The first kappa shape index (κ1) is 36.7. The van der Waals surface area contributed by atoms with E-state index in [-0.39, 0.29) is 0 Å². The van der Waals surface area contributed by atoms with Crippen LogP contribution in [0.3, 0.4) is 0 Å². The number of fused-ring (bicyclic) bond motifs is 9. The van der Waals surface area contributed by atoms with Gasteiger partial charge < -0.3 is 0 Å². The molecular formula is C58H34N4S2. The molecule has 0 N–H and O–H groups in total. The van der Waals surface area contributed by atoms with Gasteiger partial charge in [-0.2, -0.15) is 0 Å². The molecule has 0 aliphatic carbocycles. The Morgan fingerprint density at radius 3 is 1.42 bits per heavy atom. The van der Waals surface area contributed by atoms with Crippen molar-refractivity contribution < 1.29 is 0 Å². The quantitative estimate of drug-likeness (QED) is 0.156. The van der Waals surface area contributed by atoms with Crippen LogP contribution in [0.4, 0.5) is 0 Å². The van der Waals surface area contributed by atoms with Crippen molar-refractivity contribution in [3.8, 4) is 67.4 Å². The minimum Gasteiger partial charge on any atom is -0.254 e. The summed E-state index contributed by atoms with van der Waals surface area (Å²) >= 11 is 3.68. The standard InChI is InChI=1S/C58H34N4S2/c1-2-9-35(10-3-1)50-34-51(37-18-16-36(17-19-37)49-25-22-39-21-20-38-11-8-28-59-56(38)57(39)60-49)62-58(61-50)44-30-42(40-23-26-54-47(32-40)45-12-4-6-14-52(45)63-54)29-43(31-44)41-24-27-55-48(33-41)46-13-5-7-15-53(46)64-55/h1-34H. The summed E-state index contributed by atoms with van der Waals surface area (Å²) in [4.78, 5) is 20.5. The van der Waals surface area contributed by atoms with Crippen molar-refractivity contribution in [1.29, 1.82) is 0 Å². The Labute approximate surface area is 376 Å². The second kappa shape index (κ2) is 14.9. The fourth-order valence-corrected chi connectivity index (χ4v) is 11.3. The van der Waals surface area contributed by atoms with Crippen LogP contribution in [-0.4, -0.2) is 19.9 Å². The topological polar surface area (TPSA) is 51.6 Å². The lowest BCUT2D eigenvalue weighted by Crippen LogP contribution is -1.97. The Morgan fingerprint density at radius 1 is 0.281 bits per heavy atom. The molecule has 0 bridgehead atoms. The third-order valence-electron chi connectivity index (χ3n) is 12.3. The van der Waals surface area contributed by atoms with Gasteiger partial charge in [0.1, 0.15) is 0 Å². The maximum Gasteiger partial charge on any atom is 0.160 e. The van der Waals surface area contributed by atoms with E-state index in [1.54, 1.807) is 0 Å². The smallest absolute Gasteiger partial charge is 0.160 e. The van der Waals surface area contributed by atoms with Crippen LogP contribution in [0.5, 0.6) is 0 Å². The highest BCUT2D eigenvalue weighted by atomic mass is 32.1. The first-order valence-corrected chi connectivity index (χ1v) is 23.0. The van der Waals surface area contributed by atoms with E-state index in [0.29, 0.717) is 5.82 Å². The zero-order chi connectivity index (χ0) is 42.1. The highest BCUT2D eigenvalue weighted by Crippen LogP contribution is 2.41. The van der Waals surface area contributed by atoms with Crippen LogP contribution in [0.15, 0.2) is 206 Å². The molecule has 13 aromatic rings. The van der Waals surface area contributed by atoms with Crippen molar-refractivity contribution in [2.24, 2.45) is 0 Å². The monoisotopic (exact) mass is 850 g/mol. The molecule has 0 radical (unpaired) electrons. The third kappa shape index (κ3) is 6.34. The van der Waals surface area contributed by atoms with Crippen molar-refractivity contribution in [2.75, 3.05) is 0 Å². The van der Waals surface area contributed by atoms with E-state index in [1.807, 2.05) is 41.0 Å². The zero-order valence-electron chi connectivity index (χ0n) is 34.2. The highest BCUT2D eigenvalue weighted by Gasteiger charge is 2.17. The number of nitrogens with zero attached hydrogens (tertiary/aromatic N) is 4. The molecule has 0 spiro atoms. The fourth-order valence-electron chi connectivity index (χ4n) is 9.08. The van der Waals surface area contributed by atoms with Gasteiger partial charge in [0, 0.05) is 79.6 Å². The Bertz CT molecular complexity index is 3830. The van der Waals surface area contributed by atoms with Crippen LogP contribution in [0.25, 0.3) is 130 Å². The summed E-state index contributed by atoms with van der Waals surface area (Å²) in [6.45, 7) is 0. The average molecular weight is 851 g/mol. The number of rotatable bonds is 6. The number of hydrogen-bond acceptors (Lipinski definition) is 6. The Morgan fingerprint density at radius 2 is 0.781 bits per heavy atom. The molecule has 0 atom stereocenters. The first-order chi connectivity index (χ1) is 31.6. The molecule has 0 fully saturated rings. The first-order valence-electron chi connectivity index (χ1n) is 21.3. The summed E-state index contributed by atoms with van der Waals surface area (Å²) in [7, 11) is 0. The third-order valence-corrected chi connectivity index (χ3v) is 14.6. The Balaban J connectivity index is 0.972. The molecule has 5 heterocycles. The van der Waals surface area contributed by atoms with E-state index >= 15 is 0 Å². The minimum atomic E-state index is 0.670. The van der Waals surface area contributed by atoms with Crippen LogP contribution < -0.4 is 0 Å². The molecule has 0 saturated heterocycles. The Hall–Kier alpha value is -7.90. The molecular weight excluding hydrogens is 817 g/mol. The molecule has 6 heteroatoms. The lowest BCUT2D eigenvalue weighted by atomic mass is 9.94. The van der Waals surface area contributed by atoms with Crippen LogP contribution in [-0.2, 0) is 0 Å². The van der Waals surface area contributed by atoms with Gasteiger partial charge in [0.2, 0.25) is 0 Å². The number of pyridine rings is 2. The number of benzene rings is 8. The van der Waals surface area contributed by atoms with Crippen molar-refractivity contribution in [3.05, 3.63) is 206 Å².